The third kappa shape index (κ3) is 11.7. The lowest BCUT2D eigenvalue weighted by Gasteiger charge is -2.21. The van der Waals surface area contributed by atoms with Gasteiger partial charge in [0.05, 0.1) is 11.5 Å². The monoisotopic (exact) mass is 560 g/mol. The molecule has 30 heavy (non-hydrogen) atoms. The molecule has 0 aromatic heterocycles. The number of nitrogens with one attached hydrogen (secondary N) is 3. The maximum Gasteiger partial charge on any atom is 0.222 e. The van der Waals surface area contributed by atoms with Crippen LogP contribution >= 0.6 is 24.0 Å². The summed E-state index contributed by atoms with van der Waals surface area (Å²) in [7, 11) is -2.98. The highest BCUT2D eigenvalue weighted by Gasteiger charge is 2.28. The number of sulfone groups is 1. The number of ether oxygens (including phenoxy) is 2. The van der Waals surface area contributed by atoms with Gasteiger partial charge in [-0.1, -0.05) is 0 Å². The molecule has 1 amide bonds. The van der Waals surface area contributed by atoms with Crippen LogP contribution in [0.2, 0.25) is 0 Å². The summed E-state index contributed by atoms with van der Waals surface area (Å²) in [6.07, 6.45) is 3.78. The second-order valence-electron chi connectivity index (χ2n) is 7.59. The number of hydrogen-bond donors (Lipinski definition) is 3. The van der Waals surface area contributed by atoms with Crippen LogP contribution < -0.4 is 16.0 Å². The molecular formula is C19H37IN4O5S. The van der Waals surface area contributed by atoms with Crippen LogP contribution in [0.15, 0.2) is 4.99 Å². The Labute approximate surface area is 197 Å². The van der Waals surface area contributed by atoms with Gasteiger partial charge in [0.25, 0.3) is 0 Å². The second kappa shape index (κ2) is 15.2. The van der Waals surface area contributed by atoms with Gasteiger partial charge in [0, 0.05) is 58.5 Å². The molecule has 0 aromatic carbocycles. The van der Waals surface area contributed by atoms with Gasteiger partial charge in [-0.2, -0.15) is 0 Å². The van der Waals surface area contributed by atoms with Gasteiger partial charge >= 0.3 is 0 Å². The number of rotatable bonds is 11. The highest BCUT2D eigenvalue weighted by atomic mass is 127. The molecule has 2 fully saturated rings. The fourth-order valence-electron chi connectivity index (χ4n) is 3.37. The van der Waals surface area contributed by atoms with Gasteiger partial charge < -0.3 is 25.4 Å². The van der Waals surface area contributed by atoms with Crippen LogP contribution in [0.25, 0.3) is 0 Å². The smallest absolute Gasteiger partial charge is 0.222 e. The van der Waals surface area contributed by atoms with E-state index < -0.39 is 9.84 Å². The molecule has 0 bridgehead atoms. The van der Waals surface area contributed by atoms with E-state index >= 15 is 0 Å². The average Bonchev–Trinajstić information content (AvgIpc) is 3.03. The number of carbonyl (C=O) groups excluding carboxylic acids is 1. The molecule has 3 N–H and O–H groups in total. The van der Waals surface area contributed by atoms with Crippen LogP contribution in [0, 0.1) is 5.92 Å². The van der Waals surface area contributed by atoms with E-state index in [1.54, 1.807) is 0 Å². The molecule has 1 atom stereocenters. The number of halogens is 1. The van der Waals surface area contributed by atoms with E-state index in [-0.39, 0.29) is 53.9 Å². The molecule has 11 heteroatoms. The Kier molecular flexibility index (Phi) is 13.9. The van der Waals surface area contributed by atoms with Crippen LogP contribution in [-0.2, 0) is 24.1 Å². The molecule has 0 spiro atoms. The van der Waals surface area contributed by atoms with Gasteiger partial charge in [0.2, 0.25) is 5.91 Å². The van der Waals surface area contributed by atoms with Crippen molar-refractivity contribution in [1.82, 2.24) is 16.0 Å². The van der Waals surface area contributed by atoms with Crippen LogP contribution in [0.3, 0.4) is 0 Å². The van der Waals surface area contributed by atoms with Gasteiger partial charge in [-0.25, -0.2) is 8.42 Å². The first-order valence-corrected chi connectivity index (χ1v) is 12.5. The summed E-state index contributed by atoms with van der Waals surface area (Å²) in [4.78, 5) is 16.5. The van der Waals surface area contributed by atoms with E-state index in [1.807, 2.05) is 6.92 Å². The summed E-state index contributed by atoms with van der Waals surface area (Å²) in [6.45, 7) is 6.98. The number of nitrogens with zero attached hydrogens (tertiary/aromatic N) is 1. The summed E-state index contributed by atoms with van der Waals surface area (Å²) < 4.78 is 34.0. The largest absolute Gasteiger partial charge is 0.381 e. The quantitative estimate of drug-likeness (QED) is 0.147. The summed E-state index contributed by atoms with van der Waals surface area (Å²) in [5.74, 6) is 1.35. The summed E-state index contributed by atoms with van der Waals surface area (Å²) in [5.41, 5.74) is 0. The molecule has 2 saturated heterocycles. The molecule has 0 saturated carbocycles. The van der Waals surface area contributed by atoms with Crippen LogP contribution in [-0.4, -0.2) is 83.9 Å². The van der Waals surface area contributed by atoms with E-state index in [0.29, 0.717) is 38.0 Å². The number of carbonyl (C=O) groups is 1. The highest BCUT2D eigenvalue weighted by molar-refractivity contribution is 14.0. The Hall–Kier alpha value is -0.660. The van der Waals surface area contributed by atoms with Crippen LogP contribution in [0.4, 0.5) is 0 Å². The van der Waals surface area contributed by atoms with Gasteiger partial charge in [0.15, 0.2) is 15.8 Å². The molecule has 9 nitrogen and oxygen atoms in total. The molecule has 0 aromatic rings. The maximum absolute atomic E-state index is 12.0. The van der Waals surface area contributed by atoms with E-state index in [2.05, 4.69) is 20.9 Å². The molecule has 2 aliphatic heterocycles. The standard InChI is InChI=1S/C19H36N4O5S.HI/c1-2-20-19(21-8-3-10-28-14-16-5-11-27-12-6-16)22-9-4-18(24)23-17-7-13-29(25,26)15-17;/h16-17H,2-15H2,1H3,(H,23,24)(H2,20,21,22);1H. The van der Waals surface area contributed by atoms with Crippen LogP contribution in [0.1, 0.15) is 39.0 Å². The molecule has 2 heterocycles. The molecule has 2 aliphatic rings. The van der Waals surface area contributed by atoms with E-state index in [9.17, 15) is 13.2 Å². The lowest BCUT2D eigenvalue weighted by atomic mass is 10.0. The number of amides is 1. The molecule has 0 aliphatic carbocycles. The Balaban J connectivity index is 0.00000450. The molecule has 2 rings (SSSR count). The van der Waals surface area contributed by atoms with Gasteiger partial charge in [-0.05, 0) is 38.5 Å². The maximum atomic E-state index is 12.0. The minimum Gasteiger partial charge on any atom is -0.381 e. The first kappa shape index (κ1) is 27.4. The van der Waals surface area contributed by atoms with Gasteiger partial charge in [-0.3, -0.25) is 9.79 Å². The number of aliphatic imine (C=N–C) groups is 1. The van der Waals surface area contributed by atoms with E-state index in [4.69, 9.17) is 9.47 Å². The van der Waals surface area contributed by atoms with E-state index in [0.717, 1.165) is 45.6 Å². The average molecular weight is 560 g/mol. The Bertz CT molecular complexity index is 626. The normalized spacial score (nSPS) is 21.6. The zero-order valence-corrected chi connectivity index (χ0v) is 21.0. The molecule has 0 radical (unpaired) electrons. The van der Waals surface area contributed by atoms with Crippen molar-refractivity contribution >= 4 is 45.7 Å². The Morgan fingerprint density at radius 2 is 1.97 bits per heavy atom. The fourth-order valence-corrected chi connectivity index (χ4v) is 5.04. The lowest BCUT2D eigenvalue weighted by molar-refractivity contribution is -0.121. The van der Waals surface area contributed by atoms with Gasteiger partial charge in [0.1, 0.15) is 0 Å². The van der Waals surface area contributed by atoms with Crippen molar-refractivity contribution in [3.05, 3.63) is 0 Å². The number of guanidine groups is 1. The van der Waals surface area contributed by atoms with Crippen LogP contribution in [0.5, 0.6) is 0 Å². The minimum absolute atomic E-state index is 0. The summed E-state index contributed by atoms with van der Waals surface area (Å²) in [6, 6.07) is -0.254. The summed E-state index contributed by atoms with van der Waals surface area (Å²) >= 11 is 0. The second-order valence-corrected chi connectivity index (χ2v) is 9.82. The lowest BCUT2D eigenvalue weighted by Crippen LogP contribution is -2.41. The molecule has 1 unspecified atom stereocenters. The summed E-state index contributed by atoms with van der Waals surface area (Å²) in [5, 5.41) is 9.09. The zero-order valence-electron chi connectivity index (χ0n) is 17.9. The highest BCUT2D eigenvalue weighted by Crippen LogP contribution is 2.14. The first-order chi connectivity index (χ1) is 14.0. The zero-order chi connectivity index (χ0) is 21.0. The predicted molar refractivity (Wildman–Crippen MR) is 128 cm³/mol. The Morgan fingerprint density at radius 3 is 2.63 bits per heavy atom. The van der Waals surface area contributed by atoms with Crippen molar-refractivity contribution in [2.24, 2.45) is 10.9 Å². The predicted octanol–water partition coefficient (Wildman–Crippen LogP) is 0.686. The van der Waals surface area contributed by atoms with Crippen molar-refractivity contribution in [1.29, 1.82) is 0 Å². The molecular weight excluding hydrogens is 523 g/mol. The SMILES string of the molecule is CCNC(=NCCCOCC1CCOCC1)NCCC(=O)NC1CCS(=O)(=O)C1.I. The first-order valence-electron chi connectivity index (χ1n) is 10.7. The third-order valence-electron chi connectivity index (χ3n) is 5.00. The van der Waals surface area contributed by atoms with Crippen molar-refractivity contribution in [2.75, 3.05) is 57.6 Å². The molecule has 176 valence electrons. The van der Waals surface area contributed by atoms with Crippen molar-refractivity contribution in [3.63, 3.8) is 0 Å². The van der Waals surface area contributed by atoms with Crippen molar-refractivity contribution in [2.45, 2.75) is 45.1 Å². The topological polar surface area (TPSA) is 118 Å². The van der Waals surface area contributed by atoms with E-state index in [1.165, 1.54) is 0 Å². The fraction of sp³-hybridized carbons (Fsp3) is 0.895. The Morgan fingerprint density at radius 1 is 1.20 bits per heavy atom. The van der Waals surface area contributed by atoms with Gasteiger partial charge in [-0.15, -0.1) is 24.0 Å². The van der Waals surface area contributed by atoms with Crippen molar-refractivity contribution in [3.8, 4) is 0 Å². The third-order valence-corrected chi connectivity index (χ3v) is 6.77. The number of hydrogen-bond acceptors (Lipinski definition) is 6. The minimum atomic E-state index is -2.98. The van der Waals surface area contributed by atoms with Crippen molar-refractivity contribution < 1.29 is 22.7 Å².